The molecule has 2 saturated carbocycles. The predicted octanol–water partition coefficient (Wildman–Crippen LogP) is 6.12. The molecule has 0 radical (unpaired) electrons. The van der Waals surface area contributed by atoms with E-state index >= 15 is 0 Å². The lowest BCUT2D eigenvalue weighted by atomic mass is 9.56. The molecule has 0 saturated heterocycles. The van der Waals surface area contributed by atoms with Gasteiger partial charge in [-0.1, -0.05) is 26.7 Å². The minimum absolute atomic E-state index is 0.619. The van der Waals surface area contributed by atoms with Crippen molar-refractivity contribution in [2.24, 2.45) is 17.3 Å². The third kappa shape index (κ3) is 2.96. The van der Waals surface area contributed by atoms with E-state index in [0.29, 0.717) is 11.3 Å². The zero-order valence-corrected chi connectivity index (χ0v) is 16.3. The Hall–Kier alpha value is -1.18. The fourth-order valence-electron chi connectivity index (χ4n) is 6.21. The molecule has 3 aliphatic carbocycles. The van der Waals surface area contributed by atoms with Gasteiger partial charge in [-0.3, -0.25) is 0 Å². The Balaban J connectivity index is 1.68. The molecule has 25 heavy (non-hydrogen) atoms. The highest BCUT2D eigenvalue weighted by Crippen LogP contribution is 2.62. The molecule has 2 heteroatoms. The van der Waals surface area contributed by atoms with Crippen molar-refractivity contribution in [1.82, 2.24) is 0 Å². The van der Waals surface area contributed by atoms with Gasteiger partial charge in [0.2, 0.25) is 0 Å². The Morgan fingerprint density at radius 1 is 1.16 bits per heavy atom. The molecule has 1 aromatic rings. The van der Waals surface area contributed by atoms with Gasteiger partial charge in [0.25, 0.3) is 0 Å². The summed E-state index contributed by atoms with van der Waals surface area (Å²) >= 11 is 0. The van der Waals surface area contributed by atoms with Crippen molar-refractivity contribution in [2.45, 2.75) is 77.6 Å². The van der Waals surface area contributed by atoms with Gasteiger partial charge in [-0.2, -0.15) is 0 Å². The van der Waals surface area contributed by atoms with Gasteiger partial charge in [-0.25, -0.2) is 0 Å². The Bertz CT molecular complexity index is 623. The molecule has 0 aliphatic heterocycles. The fraction of sp³-hybridized carbons (Fsp3) is 0.739. The molecule has 1 aromatic carbocycles. The maximum atomic E-state index is 6.29. The van der Waals surface area contributed by atoms with Crippen LogP contribution in [0.4, 0.5) is 0 Å². The summed E-state index contributed by atoms with van der Waals surface area (Å²) in [6.45, 7) is 5.63. The lowest BCUT2D eigenvalue weighted by Crippen LogP contribution is -2.39. The number of unbranched alkanes of at least 4 members (excludes halogenated alkanes) is 1. The van der Waals surface area contributed by atoms with Crippen molar-refractivity contribution in [3.63, 3.8) is 0 Å². The summed E-state index contributed by atoms with van der Waals surface area (Å²) in [6, 6.07) is 4.43. The molecule has 0 heterocycles. The third-order valence-corrected chi connectivity index (χ3v) is 7.53. The van der Waals surface area contributed by atoms with Gasteiger partial charge in [-0.15, -0.1) is 0 Å². The zero-order valence-electron chi connectivity index (χ0n) is 16.3. The van der Waals surface area contributed by atoms with Crippen LogP contribution in [0.2, 0.25) is 0 Å². The van der Waals surface area contributed by atoms with E-state index in [1.165, 1.54) is 56.9 Å². The first-order valence-corrected chi connectivity index (χ1v) is 10.5. The summed E-state index contributed by atoms with van der Waals surface area (Å²) in [5, 5.41) is 0. The van der Waals surface area contributed by atoms with Crippen LogP contribution in [0.1, 0.15) is 82.3 Å². The van der Waals surface area contributed by atoms with Crippen LogP contribution in [0, 0.1) is 17.3 Å². The van der Waals surface area contributed by atoms with Gasteiger partial charge >= 0.3 is 0 Å². The first-order valence-electron chi connectivity index (χ1n) is 10.5. The molecule has 0 bridgehead atoms. The second kappa shape index (κ2) is 6.85. The maximum Gasteiger partial charge on any atom is 0.126 e. The topological polar surface area (TPSA) is 18.5 Å². The Morgan fingerprint density at radius 3 is 2.84 bits per heavy atom. The van der Waals surface area contributed by atoms with Crippen LogP contribution in [-0.4, -0.2) is 13.7 Å². The average Bonchev–Trinajstić information content (AvgIpc) is 3.03. The van der Waals surface area contributed by atoms with Crippen LogP contribution < -0.4 is 9.47 Å². The van der Waals surface area contributed by atoms with Gasteiger partial charge in [0.15, 0.2) is 0 Å². The fourth-order valence-corrected chi connectivity index (χ4v) is 6.21. The van der Waals surface area contributed by atoms with Crippen LogP contribution in [0.3, 0.4) is 0 Å². The Morgan fingerprint density at radius 2 is 2.04 bits per heavy atom. The zero-order chi connectivity index (χ0) is 17.4. The summed E-state index contributed by atoms with van der Waals surface area (Å²) in [6.07, 6.45) is 12.0. The second-order valence-corrected chi connectivity index (χ2v) is 8.90. The van der Waals surface area contributed by atoms with Crippen molar-refractivity contribution < 1.29 is 9.47 Å². The van der Waals surface area contributed by atoms with Gasteiger partial charge in [-0.05, 0) is 79.7 Å². The highest BCUT2D eigenvalue weighted by molar-refractivity contribution is 5.50. The standard InChI is InChI=1S/C23H34O2/c1-4-5-13-25-21-15-17(24-3)14-16-8-9-18-19(22(16)21)10-12-23(2)11-6-7-20(18)23/h14-15,18-20H,4-13H2,1-3H3/t18-,19+,20+,23+/m1/s1. The molecule has 0 N–H and O–H groups in total. The molecule has 0 amide bonds. The summed E-state index contributed by atoms with van der Waals surface area (Å²) in [5.41, 5.74) is 3.66. The molecule has 2 fully saturated rings. The smallest absolute Gasteiger partial charge is 0.126 e. The second-order valence-electron chi connectivity index (χ2n) is 8.90. The number of rotatable bonds is 5. The largest absolute Gasteiger partial charge is 0.497 e. The number of hydrogen-bond acceptors (Lipinski definition) is 2. The minimum Gasteiger partial charge on any atom is -0.497 e. The minimum atomic E-state index is 0.619. The van der Waals surface area contributed by atoms with Crippen LogP contribution in [0.5, 0.6) is 11.5 Å². The van der Waals surface area contributed by atoms with E-state index < -0.39 is 0 Å². The molecule has 0 unspecified atom stereocenters. The van der Waals surface area contributed by atoms with Crippen molar-refractivity contribution in [3.05, 3.63) is 23.3 Å². The number of ether oxygens (including phenoxy) is 2. The number of benzene rings is 1. The van der Waals surface area contributed by atoms with Gasteiger partial charge in [0, 0.05) is 11.6 Å². The molecule has 3 aliphatic rings. The highest BCUT2D eigenvalue weighted by Gasteiger charge is 2.50. The molecular weight excluding hydrogens is 308 g/mol. The Labute approximate surface area is 153 Å². The first kappa shape index (κ1) is 17.2. The van der Waals surface area contributed by atoms with Crippen molar-refractivity contribution in [3.8, 4) is 11.5 Å². The number of hydrogen-bond donors (Lipinski definition) is 0. The van der Waals surface area contributed by atoms with Gasteiger partial charge in [0.05, 0.1) is 13.7 Å². The van der Waals surface area contributed by atoms with Gasteiger partial charge in [0.1, 0.15) is 11.5 Å². The molecular formula is C23H34O2. The van der Waals surface area contributed by atoms with Crippen LogP contribution in [0.25, 0.3) is 0 Å². The van der Waals surface area contributed by atoms with Crippen LogP contribution in [0.15, 0.2) is 12.1 Å². The monoisotopic (exact) mass is 342 g/mol. The summed E-state index contributed by atoms with van der Waals surface area (Å²) in [5.74, 6) is 4.60. The SMILES string of the molecule is CCCCOc1cc(OC)cc2c1[C@H]1CC[C@]3(C)CCC[C@H]3[C@@H]1CC2. The summed E-state index contributed by atoms with van der Waals surface area (Å²) < 4.78 is 11.9. The van der Waals surface area contributed by atoms with Crippen molar-refractivity contribution in [2.75, 3.05) is 13.7 Å². The van der Waals surface area contributed by atoms with Crippen LogP contribution in [-0.2, 0) is 6.42 Å². The first-order chi connectivity index (χ1) is 12.2. The lowest BCUT2D eigenvalue weighted by Gasteiger charge is -2.49. The van der Waals surface area contributed by atoms with E-state index in [-0.39, 0.29) is 0 Å². The van der Waals surface area contributed by atoms with E-state index in [0.717, 1.165) is 36.4 Å². The van der Waals surface area contributed by atoms with Crippen LogP contribution >= 0.6 is 0 Å². The van der Waals surface area contributed by atoms with E-state index in [4.69, 9.17) is 9.47 Å². The lowest BCUT2D eigenvalue weighted by molar-refractivity contribution is 0.0585. The molecule has 0 aromatic heterocycles. The number of aryl methyl sites for hydroxylation is 1. The molecule has 4 atom stereocenters. The number of methoxy groups -OCH3 is 1. The highest BCUT2D eigenvalue weighted by atomic mass is 16.5. The molecule has 0 spiro atoms. The predicted molar refractivity (Wildman–Crippen MR) is 103 cm³/mol. The molecule has 2 nitrogen and oxygen atoms in total. The third-order valence-electron chi connectivity index (χ3n) is 7.53. The Kier molecular flexibility index (Phi) is 4.73. The summed E-state index contributed by atoms with van der Waals surface area (Å²) in [7, 11) is 1.77. The quantitative estimate of drug-likeness (QED) is 0.600. The normalized spacial score (nSPS) is 33.3. The van der Waals surface area contributed by atoms with Crippen molar-refractivity contribution >= 4 is 0 Å². The van der Waals surface area contributed by atoms with E-state index in [1.54, 1.807) is 12.7 Å². The molecule has 4 rings (SSSR count). The van der Waals surface area contributed by atoms with E-state index in [9.17, 15) is 0 Å². The summed E-state index contributed by atoms with van der Waals surface area (Å²) in [4.78, 5) is 0. The van der Waals surface area contributed by atoms with E-state index in [1.807, 2.05) is 0 Å². The molecule has 138 valence electrons. The van der Waals surface area contributed by atoms with Gasteiger partial charge < -0.3 is 9.47 Å². The number of fused-ring (bicyclic) bond motifs is 5. The van der Waals surface area contributed by atoms with E-state index in [2.05, 4.69) is 26.0 Å². The van der Waals surface area contributed by atoms with Crippen molar-refractivity contribution in [1.29, 1.82) is 0 Å². The maximum absolute atomic E-state index is 6.29. The average molecular weight is 343 g/mol.